The highest BCUT2D eigenvalue weighted by Crippen LogP contribution is 2.22. The first-order valence-corrected chi connectivity index (χ1v) is 4.84. The van der Waals surface area contributed by atoms with Gasteiger partial charge in [-0.15, -0.1) is 0 Å². The van der Waals surface area contributed by atoms with Crippen LogP contribution >= 0.6 is 0 Å². The predicted octanol–water partition coefficient (Wildman–Crippen LogP) is 2.73. The number of rotatable bonds is 2. The molecular weight excluding hydrogens is 158 g/mol. The van der Waals surface area contributed by atoms with Gasteiger partial charge in [0.15, 0.2) is 0 Å². The molecule has 1 heteroatoms. The molecule has 69 valence electrons. The molecule has 0 saturated heterocycles. The molecule has 0 fully saturated rings. The maximum Gasteiger partial charge on any atom is 1.00 e. The summed E-state index contributed by atoms with van der Waals surface area (Å²) < 4.78 is 0. The summed E-state index contributed by atoms with van der Waals surface area (Å²) in [6, 6.07) is 8.73. The van der Waals surface area contributed by atoms with Crippen molar-refractivity contribution in [1.29, 1.82) is 0 Å². The van der Waals surface area contributed by atoms with Gasteiger partial charge < -0.3 is 0 Å². The van der Waals surface area contributed by atoms with Crippen molar-refractivity contribution in [3.05, 3.63) is 41.3 Å². The Labute approximate surface area is 81.9 Å². The van der Waals surface area contributed by atoms with Gasteiger partial charge in [0.25, 0.3) is 0 Å². The zero-order valence-corrected chi connectivity index (χ0v) is 8.38. The fraction of sp³-hybridized carbons (Fsp3) is 0.417. The number of fused-ring (bicyclic) bond motifs is 1. The van der Waals surface area contributed by atoms with Crippen molar-refractivity contribution in [2.24, 2.45) is 0 Å². The highest BCUT2D eigenvalue weighted by atomic mass is 15.1. The summed E-state index contributed by atoms with van der Waals surface area (Å²) in [6.07, 6.45) is 0. The molecule has 0 aliphatic carbocycles. The summed E-state index contributed by atoms with van der Waals surface area (Å²) in [5, 5.41) is 0. The van der Waals surface area contributed by atoms with Crippen LogP contribution in [0.2, 0.25) is 0 Å². The van der Waals surface area contributed by atoms with Crippen LogP contribution in [0.3, 0.4) is 0 Å². The van der Waals surface area contributed by atoms with Gasteiger partial charge in [-0.05, 0) is 17.0 Å². The SMILES string of the molecule is C[C](C)CN1Cc2ccccc2C1.[H+]. The van der Waals surface area contributed by atoms with Crippen molar-refractivity contribution >= 4 is 0 Å². The summed E-state index contributed by atoms with van der Waals surface area (Å²) in [4.78, 5) is 2.49. The van der Waals surface area contributed by atoms with E-state index < -0.39 is 0 Å². The van der Waals surface area contributed by atoms with Gasteiger partial charge in [0.05, 0.1) is 0 Å². The van der Waals surface area contributed by atoms with Crippen molar-refractivity contribution in [3.8, 4) is 0 Å². The van der Waals surface area contributed by atoms with Crippen molar-refractivity contribution < 1.29 is 1.43 Å². The summed E-state index contributed by atoms with van der Waals surface area (Å²) in [5.74, 6) is 1.49. The van der Waals surface area contributed by atoms with Crippen LogP contribution in [-0.4, -0.2) is 11.4 Å². The highest BCUT2D eigenvalue weighted by Gasteiger charge is 2.18. The molecule has 1 heterocycles. The summed E-state index contributed by atoms with van der Waals surface area (Å²) in [7, 11) is 0. The summed E-state index contributed by atoms with van der Waals surface area (Å²) in [5.41, 5.74) is 3.01. The molecule has 0 amide bonds. The van der Waals surface area contributed by atoms with Crippen molar-refractivity contribution in [2.75, 3.05) is 6.54 Å². The lowest BCUT2D eigenvalue weighted by Crippen LogP contribution is -2.20. The Kier molecular flexibility index (Phi) is 2.36. The maximum atomic E-state index is 2.49. The van der Waals surface area contributed by atoms with Crippen molar-refractivity contribution in [3.63, 3.8) is 0 Å². The van der Waals surface area contributed by atoms with Crippen LogP contribution in [0.5, 0.6) is 0 Å². The highest BCUT2D eigenvalue weighted by molar-refractivity contribution is 5.30. The third-order valence-corrected chi connectivity index (χ3v) is 2.45. The largest absolute Gasteiger partial charge is 1.00 e. The molecule has 2 rings (SSSR count). The molecule has 0 atom stereocenters. The monoisotopic (exact) mass is 175 g/mol. The molecule has 13 heavy (non-hydrogen) atoms. The summed E-state index contributed by atoms with van der Waals surface area (Å²) in [6.45, 7) is 7.78. The molecule has 0 saturated carbocycles. The minimum atomic E-state index is 0. The van der Waals surface area contributed by atoms with Gasteiger partial charge in [-0.1, -0.05) is 38.1 Å². The van der Waals surface area contributed by atoms with Crippen LogP contribution in [0.25, 0.3) is 0 Å². The summed E-state index contributed by atoms with van der Waals surface area (Å²) >= 11 is 0. The second kappa shape index (κ2) is 3.51. The second-order valence-corrected chi connectivity index (χ2v) is 4.12. The molecule has 0 spiro atoms. The Morgan fingerprint density at radius 1 is 1.23 bits per heavy atom. The molecule has 0 N–H and O–H groups in total. The standard InChI is InChI=1S/C12H16N/c1-10(2)7-13-8-11-5-3-4-6-12(11)9-13/h3-6H,7-9H2,1-2H3/p+1. The first kappa shape index (κ1) is 8.76. The molecule has 0 aromatic heterocycles. The maximum absolute atomic E-state index is 2.49. The number of nitrogens with zero attached hydrogens (tertiary/aromatic N) is 1. The number of benzene rings is 1. The molecule has 0 bridgehead atoms. The first-order chi connectivity index (χ1) is 6.25. The molecule has 0 unspecified atom stereocenters. The quantitative estimate of drug-likeness (QED) is 0.668. The average Bonchev–Trinajstić information content (AvgIpc) is 2.44. The minimum absolute atomic E-state index is 0. The lowest BCUT2D eigenvalue weighted by molar-refractivity contribution is 0.296. The Morgan fingerprint density at radius 2 is 1.77 bits per heavy atom. The van der Waals surface area contributed by atoms with Crippen LogP contribution in [0, 0.1) is 5.92 Å². The van der Waals surface area contributed by atoms with E-state index in [2.05, 4.69) is 43.0 Å². The van der Waals surface area contributed by atoms with Gasteiger partial charge in [0, 0.05) is 19.6 Å². The van der Waals surface area contributed by atoms with Gasteiger partial charge in [-0.3, -0.25) is 4.90 Å². The van der Waals surface area contributed by atoms with E-state index in [9.17, 15) is 0 Å². The molecule has 1 aliphatic rings. The third-order valence-electron chi connectivity index (χ3n) is 2.45. The van der Waals surface area contributed by atoms with Gasteiger partial charge in [0.1, 0.15) is 0 Å². The number of hydrogen-bond donors (Lipinski definition) is 0. The van der Waals surface area contributed by atoms with E-state index in [1.54, 1.807) is 0 Å². The van der Waals surface area contributed by atoms with E-state index in [0.29, 0.717) is 0 Å². The van der Waals surface area contributed by atoms with Crippen LogP contribution in [0.1, 0.15) is 26.4 Å². The smallest absolute Gasteiger partial charge is 0.294 e. The fourth-order valence-electron chi connectivity index (χ4n) is 1.96. The lowest BCUT2D eigenvalue weighted by atomic mass is 10.1. The second-order valence-electron chi connectivity index (χ2n) is 4.12. The first-order valence-electron chi connectivity index (χ1n) is 4.84. The zero-order chi connectivity index (χ0) is 9.26. The fourth-order valence-corrected chi connectivity index (χ4v) is 1.96. The van der Waals surface area contributed by atoms with Gasteiger partial charge in [-0.2, -0.15) is 0 Å². The van der Waals surface area contributed by atoms with E-state index in [4.69, 9.17) is 0 Å². The lowest BCUT2D eigenvalue weighted by Gasteiger charge is -2.16. The Balaban J connectivity index is 0.000000980. The molecule has 1 radical (unpaired) electrons. The van der Waals surface area contributed by atoms with Gasteiger partial charge in [-0.25, -0.2) is 0 Å². The van der Waals surface area contributed by atoms with Crippen LogP contribution < -0.4 is 0 Å². The minimum Gasteiger partial charge on any atom is -0.294 e. The molecule has 1 aromatic rings. The van der Waals surface area contributed by atoms with Crippen LogP contribution in [-0.2, 0) is 13.1 Å². The van der Waals surface area contributed by atoms with Gasteiger partial charge in [0.2, 0.25) is 0 Å². The van der Waals surface area contributed by atoms with Gasteiger partial charge >= 0.3 is 1.43 Å². The van der Waals surface area contributed by atoms with Crippen molar-refractivity contribution in [1.82, 2.24) is 4.90 Å². The van der Waals surface area contributed by atoms with E-state index in [0.717, 1.165) is 19.6 Å². The normalized spacial score (nSPS) is 16.5. The van der Waals surface area contributed by atoms with Crippen LogP contribution in [0.4, 0.5) is 0 Å². The molecule has 1 aliphatic heterocycles. The molecule has 1 nitrogen and oxygen atoms in total. The van der Waals surface area contributed by atoms with E-state index in [1.807, 2.05) is 0 Å². The van der Waals surface area contributed by atoms with Crippen molar-refractivity contribution in [2.45, 2.75) is 26.9 Å². The number of hydrogen-bond acceptors (Lipinski definition) is 1. The van der Waals surface area contributed by atoms with E-state index in [1.165, 1.54) is 17.0 Å². The Morgan fingerprint density at radius 3 is 2.23 bits per heavy atom. The van der Waals surface area contributed by atoms with E-state index >= 15 is 0 Å². The average molecular weight is 175 g/mol. The molecular formula is C12H17N+. The van der Waals surface area contributed by atoms with E-state index in [-0.39, 0.29) is 1.43 Å². The third kappa shape index (κ3) is 1.92. The predicted molar refractivity (Wildman–Crippen MR) is 56.3 cm³/mol. The van der Waals surface area contributed by atoms with Crippen LogP contribution in [0.15, 0.2) is 24.3 Å². The Bertz CT molecular complexity index is 271. The molecule has 1 aromatic carbocycles. The zero-order valence-electron chi connectivity index (χ0n) is 9.38. The Hall–Kier alpha value is -0.820. The topological polar surface area (TPSA) is 3.24 Å².